The van der Waals surface area contributed by atoms with Crippen molar-refractivity contribution >= 4 is 23.1 Å². The Hall–Kier alpha value is -3.09. The summed E-state index contributed by atoms with van der Waals surface area (Å²) in [4.78, 5) is 19.2. The van der Waals surface area contributed by atoms with E-state index in [4.69, 9.17) is 14.4 Å². The maximum Gasteiger partial charge on any atom is 0.376 e. The summed E-state index contributed by atoms with van der Waals surface area (Å²) in [6.07, 6.45) is 3.08. The molecule has 0 aliphatic carbocycles. The molecule has 0 saturated carbocycles. The summed E-state index contributed by atoms with van der Waals surface area (Å²) in [6.45, 7) is 3.69. The van der Waals surface area contributed by atoms with Gasteiger partial charge >= 0.3 is 5.97 Å². The van der Waals surface area contributed by atoms with E-state index in [1.54, 1.807) is 20.0 Å². The lowest BCUT2D eigenvalue weighted by Gasteiger charge is -1.98. The molecule has 2 N–H and O–H groups in total. The molecule has 0 saturated heterocycles. The number of ether oxygens (including phenoxy) is 1. The third kappa shape index (κ3) is 2.68. The Bertz CT molecular complexity index is 892. The molecule has 0 amide bonds. The number of fused-ring (bicyclic) bond motifs is 1. The Morgan fingerprint density at radius 1 is 1.52 bits per heavy atom. The second kappa shape index (κ2) is 5.96. The molecule has 1 aromatic carbocycles. The minimum absolute atomic E-state index is 0.105. The highest BCUT2D eigenvalue weighted by Gasteiger charge is 2.19. The van der Waals surface area contributed by atoms with Crippen LogP contribution in [0.5, 0.6) is 0 Å². The maximum absolute atomic E-state index is 11.8. The molecule has 118 valence electrons. The smallest absolute Gasteiger partial charge is 0.376 e. The average Bonchev–Trinajstić information content (AvgIpc) is 3.11. The van der Waals surface area contributed by atoms with Gasteiger partial charge in [-0.1, -0.05) is 5.16 Å². The summed E-state index contributed by atoms with van der Waals surface area (Å²) < 4.78 is 10.5. The number of hydrogen-bond acceptors (Lipinski definition) is 6. The van der Waals surface area contributed by atoms with Gasteiger partial charge in [0.1, 0.15) is 0 Å². The van der Waals surface area contributed by atoms with E-state index in [9.17, 15) is 4.79 Å². The van der Waals surface area contributed by atoms with Crippen molar-refractivity contribution in [3.63, 3.8) is 0 Å². The van der Waals surface area contributed by atoms with Crippen LogP contribution in [0.4, 0.5) is 0 Å². The lowest BCUT2D eigenvalue weighted by atomic mass is 10.1. The summed E-state index contributed by atoms with van der Waals surface area (Å²) >= 11 is 0. The van der Waals surface area contributed by atoms with Gasteiger partial charge in [0, 0.05) is 28.2 Å². The molecule has 0 atom stereocenters. The van der Waals surface area contributed by atoms with E-state index in [2.05, 4.69) is 15.1 Å². The maximum atomic E-state index is 11.8. The zero-order valence-electron chi connectivity index (χ0n) is 12.7. The summed E-state index contributed by atoms with van der Waals surface area (Å²) in [5.41, 5.74) is 2.81. The third-order valence-electron chi connectivity index (χ3n) is 3.41. The molecule has 0 spiro atoms. The first-order valence-corrected chi connectivity index (χ1v) is 7.07. The molecule has 0 bridgehead atoms. The van der Waals surface area contributed by atoms with Crippen LogP contribution >= 0.6 is 0 Å². The van der Waals surface area contributed by atoms with E-state index in [0.29, 0.717) is 17.1 Å². The van der Waals surface area contributed by atoms with Crippen LogP contribution in [-0.2, 0) is 4.74 Å². The Balaban J connectivity index is 2.05. The monoisotopic (exact) mass is 313 g/mol. The zero-order chi connectivity index (χ0) is 16.4. The normalized spacial score (nSPS) is 11.4. The van der Waals surface area contributed by atoms with Crippen molar-refractivity contribution in [3.05, 3.63) is 41.4 Å². The van der Waals surface area contributed by atoms with Gasteiger partial charge in [0.15, 0.2) is 0 Å². The summed E-state index contributed by atoms with van der Waals surface area (Å²) in [7, 11) is 0. The fourth-order valence-corrected chi connectivity index (χ4v) is 2.35. The molecule has 0 aliphatic heterocycles. The van der Waals surface area contributed by atoms with E-state index in [1.165, 1.54) is 6.21 Å². The molecule has 0 aliphatic rings. The molecule has 2 aromatic heterocycles. The second-order valence-electron chi connectivity index (χ2n) is 4.90. The number of nitrogens with zero attached hydrogens (tertiary/aromatic N) is 2. The van der Waals surface area contributed by atoms with Crippen molar-refractivity contribution in [1.82, 2.24) is 9.97 Å². The number of benzene rings is 1. The number of hydrogen-bond donors (Lipinski definition) is 2. The fraction of sp³-hybridized carbons (Fsp3) is 0.188. The van der Waals surface area contributed by atoms with Gasteiger partial charge in [-0.2, -0.15) is 0 Å². The molecule has 23 heavy (non-hydrogen) atoms. The highest BCUT2D eigenvalue weighted by Crippen LogP contribution is 2.27. The van der Waals surface area contributed by atoms with Gasteiger partial charge in [0.05, 0.1) is 18.5 Å². The van der Waals surface area contributed by atoms with Crippen LogP contribution in [0.1, 0.15) is 28.7 Å². The number of oxazole rings is 1. The van der Waals surface area contributed by atoms with E-state index in [1.807, 2.05) is 18.2 Å². The number of rotatable bonds is 4. The average molecular weight is 313 g/mol. The first kappa shape index (κ1) is 14.8. The molecular weight excluding hydrogens is 298 g/mol. The number of carbonyl (C=O) groups excluding carboxylic acids is 1. The summed E-state index contributed by atoms with van der Waals surface area (Å²) in [6, 6.07) is 5.55. The van der Waals surface area contributed by atoms with Gasteiger partial charge < -0.3 is 19.3 Å². The van der Waals surface area contributed by atoms with Crippen LogP contribution in [-0.4, -0.2) is 34.0 Å². The van der Waals surface area contributed by atoms with Crippen molar-refractivity contribution < 1.29 is 19.2 Å². The quantitative estimate of drug-likeness (QED) is 0.333. The number of carbonyl (C=O) groups is 1. The number of H-pyrrole nitrogens is 1. The van der Waals surface area contributed by atoms with Crippen LogP contribution in [0.3, 0.4) is 0 Å². The molecular formula is C16H15N3O4. The molecule has 0 unspecified atom stereocenters. The molecule has 3 rings (SSSR count). The van der Waals surface area contributed by atoms with Crippen LogP contribution < -0.4 is 0 Å². The minimum Gasteiger partial charge on any atom is -0.460 e. The van der Waals surface area contributed by atoms with E-state index in [-0.39, 0.29) is 12.4 Å². The number of oxime groups is 1. The minimum atomic E-state index is -0.528. The lowest BCUT2D eigenvalue weighted by Crippen LogP contribution is -2.04. The topological polar surface area (TPSA) is 101 Å². The van der Waals surface area contributed by atoms with Gasteiger partial charge in [0.25, 0.3) is 0 Å². The van der Waals surface area contributed by atoms with Crippen molar-refractivity contribution in [1.29, 1.82) is 0 Å². The molecule has 2 heterocycles. The molecule has 0 fully saturated rings. The van der Waals surface area contributed by atoms with Crippen molar-refractivity contribution in [2.75, 3.05) is 6.61 Å². The zero-order valence-corrected chi connectivity index (χ0v) is 12.7. The van der Waals surface area contributed by atoms with E-state index < -0.39 is 5.97 Å². The van der Waals surface area contributed by atoms with Crippen LogP contribution in [0, 0.1) is 6.92 Å². The SMILES string of the molecule is CCOC(=O)c1oc(-c2ccc3[nH]cc(/C=N/O)c3c2)nc1C. The summed E-state index contributed by atoms with van der Waals surface area (Å²) in [5, 5.41) is 12.6. The van der Waals surface area contributed by atoms with Crippen molar-refractivity contribution in [2.24, 2.45) is 5.16 Å². The van der Waals surface area contributed by atoms with E-state index in [0.717, 1.165) is 16.5 Å². The van der Waals surface area contributed by atoms with Crippen molar-refractivity contribution in [2.45, 2.75) is 13.8 Å². The molecule has 0 radical (unpaired) electrons. The molecule has 7 heteroatoms. The first-order chi connectivity index (χ1) is 11.1. The summed E-state index contributed by atoms with van der Waals surface area (Å²) in [5.74, 6) is -0.0896. The number of aromatic amines is 1. The lowest BCUT2D eigenvalue weighted by molar-refractivity contribution is 0.0490. The predicted molar refractivity (Wildman–Crippen MR) is 83.9 cm³/mol. The van der Waals surface area contributed by atoms with Crippen LogP contribution in [0.15, 0.2) is 34.0 Å². The standard InChI is InChI=1S/C16H15N3O4/c1-3-22-16(20)14-9(2)19-15(23-14)10-4-5-13-12(6-10)11(7-17-13)8-18-21/h4-8,17,21H,3H2,1-2H3/b18-8+. The van der Waals surface area contributed by atoms with Crippen LogP contribution in [0.2, 0.25) is 0 Å². The van der Waals surface area contributed by atoms with E-state index >= 15 is 0 Å². The highest BCUT2D eigenvalue weighted by molar-refractivity contribution is 6.00. The largest absolute Gasteiger partial charge is 0.460 e. The number of esters is 1. The van der Waals surface area contributed by atoms with Gasteiger partial charge in [-0.15, -0.1) is 0 Å². The molecule has 3 aromatic rings. The van der Waals surface area contributed by atoms with Gasteiger partial charge in [-0.25, -0.2) is 9.78 Å². The third-order valence-corrected chi connectivity index (χ3v) is 3.41. The fourth-order valence-electron chi connectivity index (χ4n) is 2.35. The Kier molecular flexibility index (Phi) is 3.84. The predicted octanol–water partition coefficient (Wildman–Crippen LogP) is 3.12. The Morgan fingerprint density at radius 2 is 2.35 bits per heavy atom. The Morgan fingerprint density at radius 3 is 3.09 bits per heavy atom. The van der Waals surface area contributed by atoms with Gasteiger partial charge in [0.2, 0.25) is 11.7 Å². The number of aryl methyl sites for hydroxylation is 1. The number of aromatic nitrogens is 2. The molecule has 7 nitrogen and oxygen atoms in total. The second-order valence-corrected chi connectivity index (χ2v) is 4.90. The highest BCUT2D eigenvalue weighted by atomic mass is 16.5. The number of nitrogens with one attached hydrogen (secondary N) is 1. The first-order valence-electron chi connectivity index (χ1n) is 7.07. The Labute approximate surface area is 131 Å². The van der Waals surface area contributed by atoms with Crippen molar-refractivity contribution in [3.8, 4) is 11.5 Å². The van der Waals surface area contributed by atoms with Crippen LogP contribution in [0.25, 0.3) is 22.4 Å². The van der Waals surface area contributed by atoms with Gasteiger partial charge in [-0.3, -0.25) is 0 Å². The van der Waals surface area contributed by atoms with Gasteiger partial charge in [-0.05, 0) is 32.0 Å².